The first-order valence-electron chi connectivity index (χ1n) is 6.33. The Bertz CT molecular complexity index is 201. The third-order valence-electron chi connectivity index (χ3n) is 4.34. The topological polar surface area (TPSA) is 43.0 Å². The second-order valence-electron chi connectivity index (χ2n) is 5.36. The maximum Gasteiger partial charge on any atom is 0 e. The van der Waals surface area contributed by atoms with Crippen molar-refractivity contribution in [2.24, 2.45) is 29.6 Å². The quantitative estimate of drug-likeness (QED) is 0.386. The molecule has 1 saturated carbocycles. The Hall–Kier alpha value is 0.504. The van der Waals surface area contributed by atoms with Crippen LogP contribution in [0, 0.1) is 42.9 Å². The summed E-state index contributed by atoms with van der Waals surface area (Å²) in [6, 6.07) is 0. The van der Waals surface area contributed by atoms with Gasteiger partial charge in [0.2, 0.25) is 0 Å². The number of nitrogens with zero attached hydrogens (tertiary/aromatic N) is 1. The molecule has 3 nitrogen and oxygen atoms in total. The van der Waals surface area contributed by atoms with E-state index in [9.17, 15) is 0 Å². The van der Waals surface area contributed by atoms with E-state index >= 15 is 0 Å². The van der Waals surface area contributed by atoms with Crippen molar-refractivity contribution in [3.8, 4) is 0 Å². The minimum atomic E-state index is 0. The van der Waals surface area contributed by atoms with Crippen LogP contribution >= 0.6 is 15.8 Å². The van der Waals surface area contributed by atoms with Crippen molar-refractivity contribution < 1.29 is 26.4 Å². The monoisotopic (exact) mass is 386 g/mol. The number of rotatable bonds is 1. The molecule has 0 heterocycles. The molecule has 0 atom stereocenters. The second-order valence-corrected chi connectivity index (χ2v) is 5.77. The summed E-state index contributed by atoms with van der Waals surface area (Å²) in [5.74, 6) is 4.68. The predicted octanol–water partition coefficient (Wildman–Crippen LogP) is 3.58. The standard InChI is InChI=1S/C10H20.C2H6BBrN.2CO.Fe/c1-6-7(2)9(4)10(5)8(6)3;1-5(2)3-4;2*1-2;/h6-10H,1-5H3;1-2H3;;;. The summed E-state index contributed by atoms with van der Waals surface area (Å²) in [6.45, 7) is 21.0. The molecular weight excluding hydrogens is 361 g/mol. The predicted molar refractivity (Wildman–Crippen MR) is 82.0 cm³/mol. The molecule has 0 aromatic rings. The van der Waals surface area contributed by atoms with Crippen LogP contribution in [0.15, 0.2) is 0 Å². The van der Waals surface area contributed by atoms with Crippen LogP contribution in [0.3, 0.4) is 0 Å². The van der Waals surface area contributed by atoms with Crippen LogP contribution in [0.4, 0.5) is 0 Å². The Labute approximate surface area is 144 Å². The number of hydrogen-bond donors (Lipinski definition) is 0. The minimum Gasteiger partial charge on any atom is 0 e. The molecule has 0 spiro atoms. The summed E-state index contributed by atoms with van der Waals surface area (Å²) < 4.78 is 15.0. The van der Waals surface area contributed by atoms with Crippen LogP contribution in [0.1, 0.15) is 34.6 Å². The van der Waals surface area contributed by atoms with Crippen molar-refractivity contribution in [3.63, 3.8) is 0 Å². The van der Waals surface area contributed by atoms with Gasteiger partial charge in [-0.25, -0.2) is 0 Å². The molecule has 0 aromatic carbocycles. The van der Waals surface area contributed by atoms with Crippen LogP contribution in [-0.2, 0) is 26.4 Å². The van der Waals surface area contributed by atoms with E-state index in [-0.39, 0.29) is 17.1 Å². The van der Waals surface area contributed by atoms with Crippen molar-refractivity contribution in [1.82, 2.24) is 4.81 Å². The van der Waals surface area contributed by atoms with E-state index in [1.807, 2.05) is 25.1 Å². The maximum absolute atomic E-state index is 7.50. The zero-order valence-corrected chi connectivity index (χ0v) is 16.1. The Morgan fingerprint density at radius 2 is 0.850 bits per heavy atom. The Balaban J connectivity index is -0.000000110. The van der Waals surface area contributed by atoms with Gasteiger partial charge in [-0.2, -0.15) is 0 Å². The molecule has 1 rings (SSSR count). The molecule has 1 aliphatic rings. The third kappa shape index (κ3) is 11.2. The van der Waals surface area contributed by atoms with Crippen molar-refractivity contribution in [2.75, 3.05) is 14.1 Å². The van der Waals surface area contributed by atoms with E-state index in [4.69, 9.17) is 9.30 Å². The summed E-state index contributed by atoms with van der Waals surface area (Å²) in [5, 5.41) is 0. The fraction of sp³-hybridized carbons (Fsp3) is 0.857. The van der Waals surface area contributed by atoms with Gasteiger partial charge in [-0.05, 0) is 43.7 Å². The van der Waals surface area contributed by atoms with E-state index in [1.165, 1.54) is 0 Å². The average molecular weight is 387 g/mol. The van der Waals surface area contributed by atoms with Gasteiger partial charge in [-0.3, -0.25) is 0 Å². The first-order chi connectivity index (χ1) is 8.82. The molecule has 20 heavy (non-hydrogen) atoms. The third-order valence-corrected chi connectivity index (χ3v) is 5.16. The van der Waals surface area contributed by atoms with Gasteiger partial charge < -0.3 is 4.81 Å². The molecule has 6 heteroatoms. The van der Waals surface area contributed by atoms with Crippen molar-refractivity contribution >= 4 is 22.0 Å². The normalized spacial score (nSPS) is 30.1. The molecule has 0 bridgehead atoms. The molecule has 0 amide bonds. The SMILES string of the molecule is CC1C(C)C(C)C(C)C1C.CN(C)[B]Br.[C-]#[O+].[C-]#[O+].[Fe]. The van der Waals surface area contributed by atoms with Gasteiger partial charge in [0, 0.05) is 17.1 Å². The fourth-order valence-corrected chi connectivity index (χ4v) is 2.39. The fourth-order valence-electron chi connectivity index (χ4n) is 2.39. The van der Waals surface area contributed by atoms with E-state index in [1.54, 1.807) is 0 Å². The first-order valence-corrected chi connectivity index (χ1v) is 7.25. The van der Waals surface area contributed by atoms with Crippen LogP contribution < -0.4 is 0 Å². The number of hydrogen-bond acceptors (Lipinski definition) is 1. The van der Waals surface area contributed by atoms with Crippen molar-refractivity contribution in [2.45, 2.75) is 34.6 Å². The van der Waals surface area contributed by atoms with Crippen molar-refractivity contribution in [1.29, 1.82) is 0 Å². The smallest absolute Gasteiger partial charge is 0 e. The summed E-state index contributed by atoms with van der Waals surface area (Å²) in [7, 11) is 3.91. The summed E-state index contributed by atoms with van der Waals surface area (Å²) in [6.07, 6.45) is 1.81. The zero-order valence-electron chi connectivity index (χ0n) is 13.5. The van der Waals surface area contributed by atoms with Gasteiger partial charge in [0.15, 0.2) is 0 Å². The van der Waals surface area contributed by atoms with Gasteiger partial charge in [0.05, 0.1) is 0 Å². The van der Waals surface area contributed by atoms with Gasteiger partial charge in [0.1, 0.15) is 0 Å². The molecule has 0 N–H and O–H groups in total. The molecule has 0 aliphatic heterocycles. The molecule has 117 valence electrons. The van der Waals surface area contributed by atoms with E-state index in [2.05, 4.69) is 63.7 Å². The summed E-state index contributed by atoms with van der Waals surface area (Å²) in [4.78, 5) is 1.92. The first kappa shape index (κ1) is 28.6. The summed E-state index contributed by atoms with van der Waals surface area (Å²) >= 11 is 3.11. The van der Waals surface area contributed by atoms with Crippen LogP contribution in [-0.4, -0.2) is 25.1 Å². The molecule has 1 fully saturated rings. The van der Waals surface area contributed by atoms with E-state index in [0.717, 1.165) is 29.6 Å². The molecule has 1 aliphatic carbocycles. The second kappa shape index (κ2) is 17.6. The molecular formula is C14H26BBrFeNO2. The van der Waals surface area contributed by atoms with Gasteiger partial charge >= 0.3 is 28.8 Å². The van der Waals surface area contributed by atoms with E-state index < -0.39 is 0 Å². The van der Waals surface area contributed by atoms with Crippen LogP contribution in [0.25, 0.3) is 0 Å². The van der Waals surface area contributed by atoms with Gasteiger partial charge in [-0.15, -0.1) is 15.8 Å². The number of halogens is 1. The van der Waals surface area contributed by atoms with Crippen LogP contribution in [0.5, 0.6) is 0 Å². The largest absolute Gasteiger partial charge is 0 e. The van der Waals surface area contributed by atoms with Crippen molar-refractivity contribution in [3.05, 3.63) is 13.3 Å². The maximum atomic E-state index is 7.50. The van der Waals surface area contributed by atoms with Gasteiger partial charge in [0.25, 0.3) is 0 Å². The molecule has 1 radical (unpaired) electrons. The molecule has 0 unspecified atom stereocenters. The Morgan fingerprint density at radius 1 is 0.750 bits per heavy atom. The van der Waals surface area contributed by atoms with E-state index in [0.29, 0.717) is 0 Å². The molecule has 0 aromatic heterocycles. The Morgan fingerprint density at radius 3 is 0.900 bits per heavy atom. The molecule has 0 saturated heterocycles. The Kier molecular flexibility index (Phi) is 25.1. The van der Waals surface area contributed by atoms with Crippen LogP contribution in [0.2, 0.25) is 0 Å². The summed E-state index contributed by atoms with van der Waals surface area (Å²) in [5.41, 5.74) is 0. The average Bonchev–Trinajstić information content (AvgIpc) is 2.62. The zero-order chi connectivity index (χ0) is 16.2. The van der Waals surface area contributed by atoms with Gasteiger partial charge in [-0.1, -0.05) is 34.6 Å². The minimum absolute atomic E-state index is 0.